The van der Waals surface area contributed by atoms with Crippen molar-refractivity contribution in [1.29, 1.82) is 0 Å². The molecule has 1 N–H and O–H groups in total. The van der Waals surface area contributed by atoms with E-state index in [1.54, 1.807) is 0 Å². The summed E-state index contributed by atoms with van der Waals surface area (Å²) in [6.45, 7) is 0.814. The highest BCUT2D eigenvalue weighted by molar-refractivity contribution is 7.95. The zero-order valence-corrected chi connectivity index (χ0v) is 18.9. The number of aliphatic hydroxyl groups is 1. The molecule has 4 heteroatoms. The van der Waals surface area contributed by atoms with Gasteiger partial charge in [-0.05, 0) is 48.5 Å². The number of hydrogen-bond donors (Lipinski definition) is 1. The highest BCUT2D eigenvalue weighted by Crippen LogP contribution is 2.59. The summed E-state index contributed by atoms with van der Waals surface area (Å²) in [6.07, 6.45) is 0.989. The molecule has 0 atom stereocenters. The fourth-order valence-electron chi connectivity index (χ4n) is 3.92. The smallest absolute Gasteiger partial charge is 0.117 e. The maximum atomic E-state index is 9.31. The summed E-state index contributed by atoms with van der Waals surface area (Å²) in [6, 6.07) is 37.4. The molecular formula is C26H27NOPS+. The Balaban J connectivity index is 1.87. The van der Waals surface area contributed by atoms with Gasteiger partial charge in [0.1, 0.15) is 29.3 Å². The van der Waals surface area contributed by atoms with E-state index >= 15 is 0 Å². The predicted molar refractivity (Wildman–Crippen MR) is 134 cm³/mol. The number of rotatable bonds is 8. The molecule has 30 heavy (non-hydrogen) atoms. The lowest BCUT2D eigenvalue weighted by atomic mass is 10.4. The number of aliphatic hydroxyl groups excluding tert-OH is 1. The lowest BCUT2D eigenvalue weighted by Crippen LogP contribution is -2.32. The van der Waals surface area contributed by atoms with Crippen molar-refractivity contribution in [2.24, 2.45) is 0 Å². The first-order chi connectivity index (χ1) is 14.7. The van der Waals surface area contributed by atoms with E-state index in [1.807, 2.05) is 18.4 Å². The molecule has 0 radical (unpaired) electrons. The molecule has 0 aliphatic carbocycles. The fraction of sp³-hybridized carbons (Fsp3) is 0.154. The zero-order valence-electron chi connectivity index (χ0n) is 17.2. The van der Waals surface area contributed by atoms with Crippen molar-refractivity contribution in [3.05, 3.63) is 108 Å². The van der Waals surface area contributed by atoms with Crippen LogP contribution in [-0.4, -0.2) is 25.3 Å². The lowest BCUT2D eigenvalue weighted by Gasteiger charge is -2.27. The number of nitrogens with zero attached hydrogens (tertiary/aromatic N) is 1. The third kappa shape index (κ3) is 4.20. The van der Waals surface area contributed by atoms with Gasteiger partial charge in [-0.3, -0.25) is 0 Å². The Kier molecular flexibility index (Phi) is 6.64. The molecule has 0 saturated heterocycles. The molecule has 0 aliphatic rings. The molecule has 2 nitrogen and oxygen atoms in total. The van der Waals surface area contributed by atoms with Crippen molar-refractivity contribution in [1.82, 2.24) is 0 Å². The zero-order chi connectivity index (χ0) is 20.8. The quantitative estimate of drug-likeness (QED) is 0.409. The summed E-state index contributed by atoms with van der Waals surface area (Å²) >= 11 is 1.83. The second-order valence-electron chi connectivity index (χ2n) is 7.36. The van der Waals surface area contributed by atoms with Crippen molar-refractivity contribution >= 4 is 39.5 Å². The summed E-state index contributed by atoms with van der Waals surface area (Å²) in [5.41, 5.74) is 0. The Hall–Kier alpha value is -2.45. The summed E-state index contributed by atoms with van der Waals surface area (Å²) in [5.74, 6) is 0. The van der Waals surface area contributed by atoms with Gasteiger partial charge in [-0.2, -0.15) is 0 Å². The lowest BCUT2D eigenvalue weighted by molar-refractivity contribution is 0.304. The molecule has 0 unspecified atom stereocenters. The van der Waals surface area contributed by atoms with E-state index in [2.05, 4.69) is 108 Å². The molecule has 0 saturated carbocycles. The molecule has 0 fully saturated rings. The summed E-state index contributed by atoms with van der Waals surface area (Å²) in [4.78, 5) is 3.50. The number of thiophene rings is 1. The van der Waals surface area contributed by atoms with E-state index in [0.717, 1.165) is 6.16 Å². The van der Waals surface area contributed by atoms with Crippen LogP contribution in [0.15, 0.2) is 103 Å². The van der Waals surface area contributed by atoms with Crippen LogP contribution in [0.2, 0.25) is 0 Å². The van der Waals surface area contributed by atoms with Crippen molar-refractivity contribution in [3.8, 4) is 0 Å². The first kappa shape index (κ1) is 20.8. The average Bonchev–Trinajstić information content (AvgIpc) is 3.28. The van der Waals surface area contributed by atoms with Crippen molar-refractivity contribution < 1.29 is 5.11 Å². The standard InChI is InChI=1S/C26H27NOPS/c1-27(19-20-28)26-18-17-25(30-26)21-29(22-11-5-2-6-12-22,23-13-7-3-8-14-23)24-15-9-4-10-16-24/h2-18,28H,19-21H2,1H3/q+1. The minimum absolute atomic E-state index is 0.165. The van der Waals surface area contributed by atoms with Crippen LogP contribution in [0.4, 0.5) is 5.00 Å². The van der Waals surface area contributed by atoms with Crippen LogP contribution in [-0.2, 0) is 6.16 Å². The first-order valence-corrected chi connectivity index (χ1v) is 13.0. The van der Waals surface area contributed by atoms with Gasteiger partial charge in [0.05, 0.1) is 11.6 Å². The second kappa shape index (κ2) is 9.57. The molecule has 0 amide bonds. The Labute approximate surface area is 183 Å². The van der Waals surface area contributed by atoms with Crippen LogP contribution in [0, 0.1) is 0 Å². The molecular weight excluding hydrogens is 405 g/mol. The number of benzene rings is 3. The third-order valence-corrected chi connectivity index (χ3v) is 11.2. The molecule has 3 aromatic carbocycles. The highest BCUT2D eigenvalue weighted by atomic mass is 32.1. The van der Waals surface area contributed by atoms with Crippen LogP contribution < -0.4 is 20.8 Å². The van der Waals surface area contributed by atoms with E-state index in [0.29, 0.717) is 6.54 Å². The van der Waals surface area contributed by atoms with Crippen molar-refractivity contribution in [2.75, 3.05) is 25.1 Å². The maximum Gasteiger partial charge on any atom is 0.117 e. The van der Waals surface area contributed by atoms with Gasteiger partial charge in [0, 0.05) is 18.5 Å². The molecule has 152 valence electrons. The van der Waals surface area contributed by atoms with Crippen LogP contribution in [0.25, 0.3) is 0 Å². The number of hydrogen-bond acceptors (Lipinski definition) is 3. The maximum absolute atomic E-state index is 9.31. The highest BCUT2D eigenvalue weighted by Gasteiger charge is 2.45. The molecule has 4 rings (SSSR count). The van der Waals surface area contributed by atoms with Gasteiger partial charge in [-0.25, -0.2) is 0 Å². The van der Waals surface area contributed by atoms with Gasteiger partial charge < -0.3 is 10.0 Å². The summed E-state index contributed by atoms with van der Waals surface area (Å²) in [7, 11) is 0.177. The Morgan fingerprint density at radius 3 is 1.60 bits per heavy atom. The molecule has 1 aromatic heterocycles. The van der Waals surface area contributed by atoms with Gasteiger partial charge in [-0.1, -0.05) is 54.6 Å². The molecule has 4 aromatic rings. The van der Waals surface area contributed by atoms with E-state index in [1.165, 1.54) is 25.8 Å². The fourth-order valence-corrected chi connectivity index (χ4v) is 9.60. The van der Waals surface area contributed by atoms with Crippen LogP contribution in [0.1, 0.15) is 4.88 Å². The van der Waals surface area contributed by atoms with Gasteiger partial charge in [0.15, 0.2) is 0 Å². The largest absolute Gasteiger partial charge is 0.395 e. The van der Waals surface area contributed by atoms with Gasteiger partial charge >= 0.3 is 0 Å². The van der Waals surface area contributed by atoms with Crippen molar-refractivity contribution in [3.63, 3.8) is 0 Å². The molecule has 0 spiro atoms. The van der Waals surface area contributed by atoms with Gasteiger partial charge in [0.25, 0.3) is 0 Å². The van der Waals surface area contributed by atoms with E-state index in [4.69, 9.17) is 0 Å². The van der Waals surface area contributed by atoms with Crippen molar-refractivity contribution in [2.45, 2.75) is 6.16 Å². The monoisotopic (exact) mass is 432 g/mol. The number of anilines is 1. The molecule has 1 heterocycles. The normalized spacial score (nSPS) is 11.4. The topological polar surface area (TPSA) is 23.5 Å². The molecule has 0 bridgehead atoms. The number of likely N-dealkylation sites (N-methyl/N-ethyl adjacent to an activating group) is 1. The van der Waals surface area contributed by atoms with Crippen LogP contribution in [0.3, 0.4) is 0 Å². The SMILES string of the molecule is CN(CCO)c1ccc(C[P+](c2ccccc2)(c2ccccc2)c2ccccc2)s1. The Morgan fingerprint density at radius 2 is 1.17 bits per heavy atom. The van der Waals surface area contributed by atoms with E-state index in [-0.39, 0.29) is 6.61 Å². The third-order valence-electron chi connectivity index (χ3n) is 5.44. The summed E-state index contributed by atoms with van der Waals surface area (Å²) < 4.78 is 0. The van der Waals surface area contributed by atoms with Gasteiger partial charge in [-0.15, -0.1) is 11.3 Å². The van der Waals surface area contributed by atoms with Crippen LogP contribution >= 0.6 is 18.6 Å². The average molecular weight is 433 g/mol. The predicted octanol–water partition coefficient (Wildman–Crippen LogP) is 4.67. The van der Waals surface area contributed by atoms with E-state index < -0.39 is 7.26 Å². The Morgan fingerprint density at radius 1 is 0.700 bits per heavy atom. The minimum Gasteiger partial charge on any atom is -0.395 e. The van der Waals surface area contributed by atoms with Gasteiger partial charge in [0.2, 0.25) is 0 Å². The summed E-state index contributed by atoms with van der Waals surface area (Å²) in [5, 5.41) is 14.7. The molecule has 0 aliphatic heterocycles. The van der Waals surface area contributed by atoms with Crippen LogP contribution in [0.5, 0.6) is 0 Å². The Bertz CT molecular complexity index is 953. The minimum atomic E-state index is -1.86. The second-order valence-corrected chi connectivity index (χ2v) is 12.0. The van der Waals surface area contributed by atoms with E-state index in [9.17, 15) is 5.11 Å². The first-order valence-electron chi connectivity index (χ1n) is 10.2.